The Balaban J connectivity index is 1.73. The van der Waals surface area contributed by atoms with Crippen LogP contribution in [0.1, 0.15) is 29.5 Å². The summed E-state index contributed by atoms with van der Waals surface area (Å²) in [7, 11) is 2.00. The van der Waals surface area contributed by atoms with Crippen LogP contribution < -0.4 is 0 Å². The zero-order chi connectivity index (χ0) is 17.6. The Labute approximate surface area is 147 Å². The molecule has 1 heterocycles. The smallest absolute Gasteiger partial charge is 0.241 e. The van der Waals surface area contributed by atoms with Gasteiger partial charge in [0.2, 0.25) is 11.7 Å². The second-order valence-corrected chi connectivity index (χ2v) is 6.23. The Morgan fingerprint density at radius 2 is 1.80 bits per heavy atom. The number of hydrogen-bond acceptors (Lipinski definition) is 5. The van der Waals surface area contributed by atoms with Gasteiger partial charge >= 0.3 is 0 Å². The maximum Gasteiger partial charge on any atom is 0.241 e. The van der Waals surface area contributed by atoms with Gasteiger partial charge in [0, 0.05) is 18.2 Å². The van der Waals surface area contributed by atoms with E-state index in [9.17, 15) is 5.11 Å². The van der Waals surface area contributed by atoms with Crippen molar-refractivity contribution in [2.45, 2.75) is 25.9 Å². The van der Waals surface area contributed by atoms with Gasteiger partial charge in [0.25, 0.3) is 0 Å². The largest absolute Gasteiger partial charge is 0.396 e. The Bertz CT molecular complexity index is 784. The first-order valence-corrected chi connectivity index (χ1v) is 8.43. The van der Waals surface area contributed by atoms with E-state index in [0.29, 0.717) is 24.7 Å². The lowest BCUT2D eigenvalue weighted by atomic mass is 10.0. The van der Waals surface area contributed by atoms with Crippen molar-refractivity contribution >= 4 is 0 Å². The number of hydrogen-bond donors (Lipinski definition) is 1. The fourth-order valence-corrected chi connectivity index (χ4v) is 2.90. The molecule has 0 radical (unpaired) electrons. The van der Waals surface area contributed by atoms with Crippen LogP contribution in [0.2, 0.25) is 0 Å². The van der Waals surface area contributed by atoms with Gasteiger partial charge in [0.1, 0.15) is 0 Å². The van der Waals surface area contributed by atoms with Crippen molar-refractivity contribution in [3.05, 3.63) is 71.6 Å². The van der Waals surface area contributed by atoms with Crippen LogP contribution in [-0.4, -0.2) is 33.8 Å². The first-order chi connectivity index (χ1) is 12.2. The molecule has 1 unspecified atom stereocenters. The summed E-state index contributed by atoms with van der Waals surface area (Å²) in [5, 5.41) is 13.5. The highest BCUT2D eigenvalue weighted by Gasteiger charge is 2.19. The molecule has 0 aliphatic heterocycles. The van der Waals surface area contributed by atoms with Crippen LogP contribution in [0.15, 0.2) is 59.1 Å². The zero-order valence-electron chi connectivity index (χ0n) is 14.6. The third kappa shape index (κ3) is 4.32. The summed E-state index contributed by atoms with van der Waals surface area (Å²) in [6, 6.07) is 18.3. The van der Waals surface area contributed by atoms with Crippen molar-refractivity contribution in [1.82, 2.24) is 15.0 Å². The maximum absolute atomic E-state index is 9.41. The fraction of sp³-hybridized carbons (Fsp3) is 0.300. The van der Waals surface area contributed by atoms with Crippen molar-refractivity contribution in [3.63, 3.8) is 0 Å². The van der Waals surface area contributed by atoms with Crippen LogP contribution in [0.25, 0.3) is 11.4 Å². The number of rotatable bonds is 7. The van der Waals surface area contributed by atoms with Crippen LogP contribution in [0, 0.1) is 6.92 Å². The van der Waals surface area contributed by atoms with Crippen molar-refractivity contribution in [2.75, 3.05) is 13.7 Å². The van der Waals surface area contributed by atoms with E-state index in [1.807, 2.05) is 56.4 Å². The van der Waals surface area contributed by atoms with Gasteiger partial charge in [-0.15, -0.1) is 0 Å². The number of aryl methyl sites for hydroxylation is 1. The van der Waals surface area contributed by atoms with E-state index in [2.05, 4.69) is 27.2 Å². The lowest BCUT2D eigenvalue weighted by Crippen LogP contribution is -2.25. The molecule has 2 aromatic carbocycles. The predicted octanol–water partition coefficient (Wildman–Crippen LogP) is 3.60. The Hall–Kier alpha value is -2.50. The van der Waals surface area contributed by atoms with Gasteiger partial charge in [-0.2, -0.15) is 4.98 Å². The molecule has 0 fully saturated rings. The lowest BCUT2D eigenvalue weighted by Gasteiger charge is -2.26. The Morgan fingerprint density at radius 3 is 2.48 bits per heavy atom. The van der Waals surface area contributed by atoms with Gasteiger partial charge in [-0.05, 0) is 26.0 Å². The molecule has 3 rings (SSSR count). The molecule has 0 saturated heterocycles. The summed E-state index contributed by atoms with van der Waals surface area (Å²) in [5.74, 6) is 1.17. The topological polar surface area (TPSA) is 62.4 Å². The molecule has 130 valence electrons. The summed E-state index contributed by atoms with van der Waals surface area (Å²) < 4.78 is 5.42. The lowest BCUT2D eigenvalue weighted by molar-refractivity contribution is 0.164. The molecule has 0 saturated carbocycles. The molecule has 1 N–H and O–H groups in total. The average molecular weight is 337 g/mol. The summed E-state index contributed by atoms with van der Waals surface area (Å²) in [6.07, 6.45) is 0.652. The third-order valence-corrected chi connectivity index (χ3v) is 4.28. The van der Waals surface area contributed by atoms with Gasteiger partial charge in [-0.25, -0.2) is 0 Å². The summed E-state index contributed by atoms with van der Waals surface area (Å²) >= 11 is 0. The van der Waals surface area contributed by atoms with Gasteiger partial charge < -0.3 is 9.63 Å². The number of nitrogens with zero attached hydrogens (tertiary/aromatic N) is 3. The minimum atomic E-state index is 0.0981. The van der Waals surface area contributed by atoms with E-state index in [-0.39, 0.29) is 12.6 Å². The molecule has 0 spiro atoms. The summed E-state index contributed by atoms with van der Waals surface area (Å²) in [4.78, 5) is 6.63. The number of aliphatic hydroxyl groups excluding tert-OH is 1. The minimum Gasteiger partial charge on any atom is -0.396 e. The second-order valence-electron chi connectivity index (χ2n) is 6.23. The Kier molecular flexibility index (Phi) is 5.58. The number of aromatic nitrogens is 2. The second kappa shape index (κ2) is 8.05. The monoisotopic (exact) mass is 337 g/mol. The van der Waals surface area contributed by atoms with E-state index in [1.54, 1.807) is 0 Å². The van der Waals surface area contributed by atoms with Gasteiger partial charge in [0.15, 0.2) is 0 Å². The van der Waals surface area contributed by atoms with Gasteiger partial charge in [-0.1, -0.05) is 65.3 Å². The molecular weight excluding hydrogens is 314 g/mol. The predicted molar refractivity (Wildman–Crippen MR) is 96.8 cm³/mol. The van der Waals surface area contributed by atoms with Crippen molar-refractivity contribution in [2.24, 2.45) is 0 Å². The van der Waals surface area contributed by atoms with Crippen molar-refractivity contribution in [1.29, 1.82) is 0 Å². The molecule has 1 atom stereocenters. The normalized spacial score (nSPS) is 12.5. The molecule has 5 heteroatoms. The van der Waals surface area contributed by atoms with E-state index in [1.165, 1.54) is 5.56 Å². The highest BCUT2D eigenvalue weighted by atomic mass is 16.5. The standard InChI is InChI=1S/C20H23N3O2/c1-15-8-10-17(11-9-15)20-21-19(25-22-20)14-23(2)18(12-13-24)16-6-4-3-5-7-16/h3-11,18,24H,12-14H2,1-2H3. The first-order valence-electron chi connectivity index (χ1n) is 8.43. The molecule has 0 aliphatic rings. The fourth-order valence-electron chi connectivity index (χ4n) is 2.90. The number of aliphatic hydroxyl groups is 1. The molecule has 25 heavy (non-hydrogen) atoms. The molecule has 0 aliphatic carbocycles. The average Bonchev–Trinajstić information content (AvgIpc) is 3.09. The van der Waals surface area contributed by atoms with Gasteiger partial charge in [0.05, 0.1) is 6.54 Å². The molecular formula is C20H23N3O2. The summed E-state index contributed by atoms with van der Waals surface area (Å²) in [6.45, 7) is 2.70. The van der Waals surface area contributed by atoms with E-state index < -0.39 is 0 Å². The van der Waals surface area contributed by atoms with Crippen molar-refractivity contribution in [3.8, 4) is 11.4 Å². The van der Waals surface area contributed by atoms with Crippen LogP contribution in [-0.2, 0) is 6.54 Å². The quantitative estimate of drug-likeness (QED) is 0.714. The summed E-state index contributed by atoms with van der Waals surface area (Å²) in [5.41, 5.74) is 3.30. The minimum absolute atomic E-state index is 0.0981. The van der Waals surface area contributed by atoms with E-state index >= 15 is 0 Å². The molecule has 5 nitrogen and oxygen atoms in total. The molecule has 1 aromatic heterocycles. The first kappa shape index (κ1) is 17.3. The third-order valence-electron chi connectivity index (χ3n) is 4.28. The molecule has 0 bridgehead atoms. The van der Waals surface area contributed by atoms with Crippen molar-refractivity contribution < 1.29 is 9.63 Å². The Morgan fingerprint density at radius 1 is 1.08 bits per heavy atom. The highest BCUT2D eigenvalue weighted by Crippen LogP contribution is 2.24. The molecule has 3 aromatic rings. The zero-order valence-corrected chi connectivity index (χ0v) is 14.6. The van der Waals surface area contributed by atoms with Crippen LogP contribution in [0.4, 0.5) is 0 Å². The van der Waals surface area contributed by atoms with E-state index in [0.717, 1.165) is 11.1 Å². The SMILES string of the molecule is Cc1ccc(-c2noc(CN(C)C(CCO)c3ccccc3)n2)cc1. The van der Waals surface area contributed by atoms with Crippen LogP contribution >= 0.6 is 0 Å². The number of benzene rings is 2. The van der Waals surface area contributed by atoms with Crippen LogP contribution in [0.5, 0.6) is 0 Å². The van der Waals surface area contributed by atoms with E-state index in [4.69, 9.17) is 4.52 Å². The molecule has 0 amide bonds. The van der Waals surface area contributed by atoms with Gasteiger partial charge in [-0.3, -0.25) is 4.90 Å². The highest BCUT2D eigenvalue weighted by molar-refractivity contribution is 5.54. The maximum atomic E-state index is 9.41. The van der Waals surface area contributed by atoms with Crippen LogP contribution in [0.3, 0.4) is 0 Å².